The number of nitrogens with zero attached hydrogens (tertiary/aromatic N) is 2. The topological polar surface area (TPSA) is 84.7 Å². The number of carbonyl (C=O) groups excluding carboxylic acids is 1. The number of nitro groups is 1. The number of hydrogen-bond donors (Lipinski definition) is 1. The van der Waals surface area contributed by atoms with Crippen molar-refractivity contribution in [1.82, 2.24) is 4.90 Å². The predicted molar refractivity (Wildman–Crippen MR) is 71.6 cm³/mol. The Hall–Kier alpha value is -2.31. The van der Waals surface area contributed by atoms with Gasteiger partial charge >= 0.3 is 11.7 Å². The standard InChI is InChI=1S/C12H17N3O4/c1-4-14(5-2)12(16)13-9-6-7-11(19-3)10(8-9)15(17)18/h6-8H,4-5H2,1-3H3,(H,13,16). The molecule has 7 heteroatoms. The molecule has 0 unspecified atom stereocenters. The second kappa shape index (κ2) is 6.58. The first-order valence-corrected chi connectivity index (χ1v) is 5.91. The second-order valence-corrected chi connectivity index (χ2v) is 3.75. The van der Waals surface area contributed by atoms with E-state index in [0.29, 0.717) is 18.8 Å². The van der Waals surface area contributed by atoms with E-state index in [-0.39, 0.29) is 17.5 Å². The molecule has 0 atom stereocenters. The molecule has 0 aliphatic carbocycles. The second-order valence-electron chi connectivity index (χ2n) is 3.75. The van der Waals surface area contributed by atoms with Crippen molar-refractivity contribution in [3.8, 4) is 5.75 Å². The first kappa shape index (κ1) is 14.7. The molecule has 0 saturated heterocycles. The molecule has 1 N–H and O–H groups in total. The highest BCUT2D eigenvalue weighted by Gasteiger charge is 2.17. The van der Waals surface area contributed by atoms with Gasteiger partial charge in [0.05, 0.1) is 12.0 Å². The van der Waals surface area contributed by atoms with Gasteiger partial charge in [0, 0.05) is 24.8 Å². The van der Waals surface area contributed by atoms with Gasteiger partial charge in [0.1, 0.15) is 0 Å². The van der Waals surface area contributed by atoms with E-state index < -0.39 is 4.92 Å². The highest BCUT2D eigenvalue weighted by Crippen LogP contribution is 2.29. The van der Waals surface area contributed by atoms with Gasteiger partial charge in [-0.1, -0.05) is 0 Å². The molecule has 0 bridgehead atoms. The van der Waals surface area contributed by atoms with Crippen LogP contribution in [0.4, 0.5) is 16.2 Å². The molecule has 0 aliphatic rings. The van der Waals surface area contributed by atoms with Crippen LogP contribution in [0.15, 0.2) is 18.2 Å². The van der Waals surface area contributed by atoms with Crippen molar-refractivity contribution in [3.05, 3.63) is 28.3 Å². The number of hydrogen-bond acceptors (Lipinski definition) is 4. The normalized spacial score (nSPS) is 9.84. The van der Waals surface area contributed by atoms with Crippen LogP contribution in [0.25, 0.3) is 0 Å². The molecule has 1 aromatic rings. The Morgan fingerprint density at radius 3 is 2.53 bits per heavy atom. The quantitative estimate of drug-likeness (QED) is 0.656. The zero-order chi connectivity index (χ0) is 14.4. The molecule has 19 heavy (non-hydrogen) atoms. The van der Waals surface area contributed by atoms with E-state index in [2.05, 4.69) is 5.32 Å². The van der Waals surface area contributed by atoms with Gasteiger partial charge in [-0.15, -0.1) is 0 Å². The van der Waals surface area contributed by atoms with E-state index in [1.807, 2.05) is 13.8 Å². The molecular formula is C12H17N3O4. The molecule has 0 fully saturated rings. The lowest BCUT2D eigenvalue weighted by molar-refractivity contribution is -0.385. The molecule has 0 heterocycles. The summed E-state index contributed by atoms with van der Waals surface area (Å²) in [5, 5.41) is 13.5. The van der Waals surface area contributed by atoms with Crippen molar-refractivity contribution in [2.75, 3.05) is 25.5 Å². The average Bonchev–Trinajstić information content (AvgIpc) is 2.40. The summed E-state index contributed by atoms with van der Waals surface area (Å²) >= 11 is 0. The molecule has 0 saturated carbocycles. The first-order valence-electron chi connectivity index (χ1n) is 5.91. The number of methoxy groups -OCH3 is 1. The van der Waals surface area contributed by atoms with Crippen LogP contribution in [0.3, 0.4) is 0 Å². The fraction of sp³-hybridized carbons (Fsp3) is 0.417. The lowest BCUT2D eigenvalue weighted by Gasteiger charge is -2.19. The van der Waals surface area contributed by atoms with Crippen molar-refractivity contribution in [1.29, 1.82) is 0 Å². The lowest BCUT2D eigenvalue weighted by atomic mass is 10.2. The maximum absolute atomic E-state index is 11.8. The number of ether oxygens (including phenoxy) is 1. The molecule has 0 radical (unpaired) electrons. The van der Waals surface area contributed by atoms with Gasteiger partial charge in [0.2, 0.25) is 0 Å². The summed E-state index contributed by atoms with van der Waals surface area (Å²) in [4.78, 5) is 23.7. The number of amides is 2. The van der Waals surface area contributed by atoms with Crippen molar-refractivity contribution in [3.63, 3.8) is 0 Å². The third kappa shape index (κ3) is 3.57. The zero-order valence-corrected chi connectivity index (χ0v) is 11.2. The van der Waals surface area contributed by atoms with Crippen LogP contribution >= 0.6 is 0 Å². The van der Waals surface area contributed by atoms with Gasteiger partial charge in [-0.25, -0.2) is 4.79 Å². The number of nitrogens with one attached hydrogen (secondary N) is 1. The van der Waals surface area contributed by atoms with Crippen LogP contribution in [-0.4, -0.2) is 36.1 Å². The van der Waals surface area contributed by atoms with Crippen LogP contribution in [0.5, 0.6) is 5.75 Å². The molecule has 7 nitrogen and oxygen atoms in total. The SMILES string of the molecule is CCN(CC)C(=O)Nc1ccc(OC)c([N+](=O)[O-])c1. The van der Waals surface area contributed by atoms with E-state index in [1.165, 1.54) is 19.2 Å². The summed E-state index contributed by atoms with van der Waals surface area (Å²) in [6.45, 7) is 4.86. The average molecular weight is 267 g/mol. The number of rotatable bonds is 5. The molecule has 2 amide bonds. The third-order valence-corrected chi connectivity index (χ3v) is 2.68. The summed E-state index contributed by atoms with van der Waals surface area (Å²) in [7, 11) is 1.36. The predicted octanol–water partition coefficient (Wildman–Crippen LogP) is 2.48. The first-order chi connectivity index (χ1) is 9.03. The van der Waals surface area contributed by atoms with Gasteiger partial charge < -0.3 is 15.0 Å². The van der Waals surface area contributed by atoms with E-state index in [4.69, 9.17) is 4.74 Å². The Kier molecular flexibility index (Phi) is 5.11. The van der Waals surface area contributed by atoms with Gasteiger partial charge in [-0.2, -0.15) is 0 Å². The number of anilines is 1. The summed E-state index contributed by atoms with van der Waals surface area (Å²) in [5.74, 6) is 0.158. The van der Waals surface area contributed by atoms with Crippen molar-refractivity contribution >= 4 is 17.4 Å². The molecule has 104 valence electrons. The van der Waals surface area contributed by atoms with Crippen molar-refractivity contribution in [2.45, 2.75) is 13.8 Å². The minimum Gasteiger partial charge on any atom is -0.490 e. The van der Waals surface area contributed by atoms with Crippen LogP contribution in [0.2, 0.25) is 0 Å². The Labute approximate surface area is 111 Å². The molecule has 1 rings (SSSR count). The monoisotopic (exact) mass is 267 g/mol. The minimum atomic E-state index is -0.550. The van der Waals surface area contributed by atoms with E-state index in [1.54, 1.807) is 11.0 Å². The van der Waals surface area contributed by atoms with Gasteiger partial charge in [-0.3, -0.25) is 10.1 Å². The van der Waals surface area contributed by atoms with E-state index >= 15 is 0 Å². The Balaban J connectivity index is 2.94. The summed E-state index contributed by atoms with van der Waals surface area (Å²) in [6, 6.07) is 4.01. The summed E-state index contributed by atoms with van der Waals surface area (Å²) in [6.07, 6.45) is 0. The largest absolute Gasteiger partial charge is 0.490 e. The van der Waals surface area contributed by atoms with Crippen LogP contribution in [-0.2, 0) is 0 Å². The van der Waals surface area contributed by atoms with Gasteiger partial charge in [0.15, 0.2) is 5.75 Å². The molecule has 0 spiro atoms. The van der Waals surface area contributed by atoms with Crippen LogP contribution < -0.4 is 10.1 Å². The van der Waals surface area contributed by atoms with Crippen molar-refractivity contribution in [2.24, 2.45) is 0 Å². The Morgan fingerprint density at radius 2 is 2.05 bits per heavy atom. The summed E-state index contributed by atoms with van der Waals surface area (Å²) < 4.78 is 4.89. The third-order valence-electron chi connectivity index (χ3n) is 2.68. The molecular weight excluding hydrogens is 250 g/mol. The lowest BCUT2D eigenvalue weighted by Crippen LogP contribution is -2.34. The summed E-state index contributed by atoms with van der Waals surface area (Å²) in [5.41, 5.74) is 0.184. The fourth-order valence-electron chi connectivity index (χ4n) is 1.62. The Morgan fingerprint density at radius 1 is 1.42 bits per heavy atom. The fourth-order valence-corrected chi connectivity index (χ4v) is 1.62. The number of carbonyl (C=O) groups is 1. The smallest absolute Gasteiger partial charge is 0.321 e. The number of nitro benzene ring substituents is 1. The molecule has 0 aromatic heterocycles. The van der Waals surface area contributed by atoms with Crippen molar-refractivity contribution < 1.29 is 14.5 Å². The van der Waals surface area contributed by atoms with E-state index in [0.717, 1.165) is 0 Å². The molecule has 1 aromatic carbocycles. The van der Waals surface area contributed by atoms with Gasteiger partial charge in [0.25, 0.3) is 0 Å². The van der Waals surface area contributed by atoms with Crippen LogP contribution in [0.1, 0.15) is 13.8 Å². The number of benzene rings is 1. The highest BCUT2D eigenvalue weighted by molar-refractivity contribution is 5.89. The highest BCUT2D eigenvalue weighted by atomic mass is 16.6. The van der Waals surface area contributed by atoms with Crippen LogP contribution in [0, 0.1) is 10.1 Å². The van der Waals surface area contributed by atoms with Gasteiger partial charge in [-0.05, 0) is 26.0 Å². The number of urea groups is 1. The minimum absolute atomic E-state index is 0.158. The van der Waals surface area contributed by atoms with E-state index in [9.17, 15) is 14.9 Å². The zero-order valence-electron chi connectivity index (χ0n) is 11.2. The molecule has 0 aliphatic heterocycles. The maximum Gasteiger partial charge on any atom is 0.321 e. The Bertz CT molecular complexity index is 472. The maximum atomic E-state index is 11.8.